The van der Waals surface area contributed by atoms with E-state index >= 15 is 0 Å². The van der Waals surface area contributed by atoms with Gasteiger partial charge in [0.1, 0.15) is 6.10 Å². The van der Waals surface area contributed by atoms with E-state index in [9.17, 15) is 9.59 Å². The van der Waals surface area contributed by atoms with E-state index < -0.39 is 5.41 Å². The van der Waals surface area contributed by atoms with Crippen molar-refractivity contribution < 1.29 is 19.1 Å². The molecule has 3 rings (SSSR count). The predicted octanol–water partition coefficient (Wildman–Crippen LogP) is 2.18. The van der Waals surface area contributed by atoms with Crippen LogP contribution in [0.15, 0.2) is 24.3 Å². The van der Waals surface area contributed by atoms with Gasteiger partial charge in [-0.3, -0.25) is 9.59 Å². The Morgan fingerprint density at radius 1 is 1.19 bits per heavy atom. The summed E-state index contributed by atoms with van der Waals surface area (Å²) in [5, 5.41) is 9.12. The lowest BCUT2D eigenvalue weighted by Gasteiger charge is -2.35. The fourth-order valence-corrected chi connectivity index (χ4v) is 3.53. The first kappa shape index (κ1) is 21.6. The molecule has 2 aliphatic rings. The molecular formula is C19H28ClN3O4. The number of amides is 2. The van der Waals surface area contributed by atoms with Crippen molar-refractivity contribution in [3.63, 3.8) is 0 Å². The summed E-state index contributed by atoms with van der Waals surface area (Å²) in [6.45, 7) is 2.67. The Balaban J connectivity index is 0.00000261. The van der Waals surface area contributed by atoms with Crippen molar-refractivity contribution in [2.45, 2.75) is 31.8 Å². The van der Waals surface area contributed by atoms with E-state index in [-0.39, 0.29) is 30.3 Å². The second-order valence-corrected chi connectivity index (χ2v) is 6.99. The maximum atomic E-state index is 12.8. The highest BCUT2D eigenvalue weighted by molar-refractivity contribution is 5.97. The zero-order chi connectivity index (χ0) is 18.4. The van der Waals surface area contributed by atoms with Crippen LogP contribution < -0.4 is 16.0 Å². The largest absolute Gasteiger partial charge is 0.384 e. The summed E-state index contributed by atoms with van der Waals surface area (Å²) in [4.78, 5) is 24.9. The number of methoxy groups -OCH3 is 1. The molecule has 1 aromatic carbocycles. The number of halogens is 1. The Morgan fingerprint density at radius 3 is 2.37 bits per heavy atom. The van der Waals surface area contributed by atoms with Gasteiger partial charge < -0.3 is 25.4 Å². The van der Waals surface area contributed by atoms with Gasteiger partial charge in [0.15, 0.2) is 0 Å². The molecule has 0 radical (unpaired) electrons. The van der Waals surface area contributed by atoms with Crippen LogP contribution in [0.1, 0.15) is 25.7 Å². The van der Waals surface area contributed by atoms with Gasteiger partial charge in [0, 0.05) is 25.1 Å². The third-order valence-electron chi connectivity index (χ3n) is 5.10. The molecule has 3 N–H and O–H groups in total. The lowest BCUT2D eigenvalue weighted by Crippen LogP contribution is -2.47. The highest BCUT2D eigenvalue weighted by Crippen LogP contribution is 2.31. The minimum Gasteiger partial charge on any atom is -0.384 e. The molecule has 27 heavy (non-hydrogen) atoms. The van der Waals surface area contributed by atoms with Gasteiger partial charge in [-0.25, -0.2) is 0 Å². The van der Waals surface area contributed by atoms with E-state index in [4.69, 9.17) is 9.47 Å². The van der Waals surface area contributed by atoms with E-state index in [2.05, 4.69) is 16.0 Å². The van der Waals surface area contributed by atoms with E-state index in [0.29, 0.717) is 24.6 Å². The number of hydrogen-bond acceptors (Lipinski definition) is 5. The number of nitrogens with one attached hydrogen (secondary N) is 3. The highest BCUT2D eigenvalue weighted by atomic mass is 35.5. The van der Waals surface area contributed by atoms with Crippen LogP contribution in [0, 0.1) is 5.41 Å². The maximum absolute atomic E-state index is 12.8. The first-order valence-corrected chi connectivity index (χ1v) is 9.17. The van der Waals surface area contributed by atoms with Crippen molar-refractivity contribution in [2.75, 3.05) is 44.0 Å². The Hall–Kier alpha value is -1.67. The van der Waals surface area contributed by atoms with Crippen molar-refractivity contribution in [1.82, 2.24) is 5.32 Å². The first-order chi connectivity index (χ1) is 12.6. The Bertz CT molecular complexity index is 621. The molecule has 1 unspecified atom stereocenters. The normalized spacial score (nSPS) is 21.1. The summed E-state index contributed by atoms with van der Waals surface area (Å²) in [5.41, 5.74) is 0.906. The lowest BCUT2D eigenvalue weighted by atomic mass is 9.78. The summed E-state index contributed by atoms with van der Waals surface area (Å²) in [5.74, 6) is -0.134. The van der Waals surface area contributed by atoms with Crippen LogP contribution in [0.2, 0.25) is 0 Å². The van der Waals surface area contributed by atoms with Gasteiger partial charge in [0.2, 0.25) is 5.91 Å². The van der Waals surface area contributed by atoms with Gasteiger partial charge in [-0.15, -0.1) is 12.4 Å². The summed E-state index contributed by atoms with van der Waals surface area (Å²) in [6.07, 6.45) is 2.82. The molecule has 0 aromatic heterocycles. The predicted molar refractivity (Wildman–Crippen MR) is 106 cm³/mol. The molecule has 1 aromatic rings. The van der Waals surface area contributed by atoms with Crippen LogP contribution in [0.5, 0.6) is 0 Å². The third kappa shape index (κ3) is 5.42. The second-order valence-electron chi connectivity index (χ2n) is 6.99. The van der Waals surface area contributed by atoms with Crippen molar-refractivity contribution in [3.8, 4) is 0 Å². The lowest BCUT2D eigenvalue weighted by molar-refractivity contribution is -0.130. The van der Waals surface area contributed by atoms with Crippen LogP contribution >= 0.6 is 12.4 Å². The van der Waals surface area contributed by atoms with Crippen molar-refractivity contribution >= 4 is 35.6 Å². The average molecular weight is 398 g/mol. The molecule has 7 nitrogen and oxygen atoms in total. The molecule has 0 spiro atoms. The standard InChI is InChI=1S/C19H27N3O4.ClH/c1-25-13-19(8-10-20-11-9-19)18(24)22-15-6-4-14(5-7-15)21-17(23)16-3-2-12-26-16;/h4-7,16,20H,2-3,8-13H2,1H3,(H,21,23)(H,22,24);1H. The zero-order valence-electron chi connectivity index (χ0n) is 15.6. The zero-order valence-corrected chi connectivity index (χ0v) is 16.4. The molecular weight excluding hydrogens is 370 g/mol. The van der Waals surface area contributed by atoms with Gasteiger partial charge in [-0.1, -0.05) is 0 Å². The number of hydrogen-bond donors (Lipinski definition) is 3. The quantitative estimate of drug-likeness (QED) is 0.684. The first-order valence-electron chi connectivity index (χ1n) is 9.17. The smallest absolute Gasteiger partial charge is 0.253 e. The minimum atomic E-state index is -0.493. The molecule has 2 aliphatic heterocycles. The fourth-order valence-electron chi connectivity index (χ4n) is 3.53. The summed E-state index contributed by atoms with van der Waals surface area (Å²) < 4.78 is 10.7. The van der Waals surface area contributed by atoms with E-state index in [1.54, 1.807) is 31.4 Å². The topological polar surface area (TPSA) is 88.7 Å². The van der Waals surface area contributed by atoms with Crippen LogP contribution in [0.3, 0.4) is 0 Å². The number of anilines is 2. The summed E-state index contributed by atoms with van der Waals surface area (Å²) >= 11 is 0. The fraction of sp³-hybridized carbons (Fsp3) is 0.579. The monoisotopic (exact) mass is 397 g/mol. The van der Waals surface area contributed by atoms with Gasteiger partial charge >= 0.3 is 0 Å². The summed E-state index contributed by atoms with van der Waals surface area (Å²) in [6, 6.07) is 7.16. The number of carbonyl (C=O) groups excluding carboxylic acids is 2. The Morgan fingerprint density at radius 2 is 1.81 bits per heavy atom. The maximum Gasteiger partial charge on any atom is 0.253 e. The van der Waals surface area contributed by atoms with E-state index in [0.717, 1.165) is 38.8 Å². The molecule has 2 heterocycles. The van der Waals surface area contributed by atoms with Crippen LogP contribution in [0.4, 0.5) is 11.4 Å². The Kier molecular flexibility index (Phi) is 8.04. The van der Waals surface area contributed by atoms with E-state index in [1.807, 2.05) is 0 Å². The van der Waals surface area contributed by atoms with Crippen molar-refractivity contribution in [2.24, 2.45) is 5.41 Å². The second kappa shape index (κ2) is 10.0. The van der Waals surface area contributed by atoms with Crippen molar-refractivity contribution in [1.29, 1.82) is 0 Å². The molecule has 0 saturated carbocycles. The number of rotatable bonds is 6. The highest BCUT2D eigenvalue weighted by Gasteiger charge is 2.39. The van der Waals surface area contributed by atoms with Crippen molar-refractivity contribution in [3.05, 3.63) is 24.3 Å². The molecule has 8 heteroatoms. The molecule has 2 saturated heterocycles. The average Bonchev–Trinajstić information content (AvgIpc) is 3.19. The molecule has 0 aliphatic carbocycles. The van der Waals surface area contributed by atoms with Gasteiger partial charge in [-0.2, -0.15) is 0 Å². The molecule has 2 fully saturated rings. The SMILES string of the molecule is COCC1(C(=O)Nc2ccc(NC(=O)C3CCCO3)cc2)CCNCC1.Cl. The van der Waals surface area contributed by atoms with Gasteiger partial charge in [0.25, 0.3) is 5.91 Å². The minimum absolute atomic E-state index is 0. The Labute approximate surface area is 166 Å². The van der Waals surface area contributed by atoms with Gasteiger partial charge in [-0.05, 0) is 63.0 Å². The molecule has 2 amide bonds. The molecule has 0 bridgehead atoms. The van der Waals surface area contributed by atoms with Crippen LogP contribution in [-0.2, 0) is 19.1 Å². The van der Waals surface area contributed by atoms with E-state index in [1.165, 1.54) is 0 Å². The van der Waals surface area contributed by atoms with Crippen LogP contribution in [-0.4, -0.2) is 51.3 Å². The number of benzene rings is 1. The number of carbonyl (C=O) groups is 2. The van der Waals surface area contributed by atoms with Gasteiger partial charge in [0.05, 0.1) is 12.0 Å². The third-order valence-corrected chi connectivity index (χ3v) is 5.10. The summed E-state index contributed by atoms with van der Waals surface area (Å²) in [7, 11) is 1.63. The number of ether oxygens (including phenoxy) is 2. The number of piperidine rings is 1. The molecule has 150 valence electrons. The molecule has 1 atom stereocenters. The van der Waals surface area contributed by atoms with Crippen LogP contribution in [0.25, 0.3) is 0 Å².